The molecule has 0 saturated carbocycles. The summed E-state index contributed by atoms with van der Waals surface area (Å²) in [5, 5.41) is 7.73. The van der Waals surface area contributed by atoms with E-state index < -0.39 is 0 Å². The molecule has 1 aromatic heterocycles. The van der Waals surface area contributed by atoms with Gasteiger partial charge >= 0.3 is 5.69 Å². The molecule has 0 unspecified atom stereocenters. The molecule has 0 fully saturated rings. The second-order valence-electron chi connectivity index (χ2n) is 4.94. The van der Waals surface area contributed by atoms with Crippen LogP contribution in [0.3, 0.4) is 0 Å². The number of nitrogens with zero attached hydrogens (tertiary/aromatic N) is 3. The third kappa shape index (κ3) is 2.65. The zero-order chi connectivity index (χ0) is 13.9. The number of aromatic nitrogens is 3. The zero-order valence-corrected chi connectivity index (χ0v) is 12.8. The molecule has 20 heavy (non-hydrogen) atoms. The highest BCUT2D eigenvalue weighted by molar-refractivity contribution is 9.10. The van der Waals surface area contributed by atoms with Gasteiger partial charge in [0.05, 0.1) is 6.54 Å². The number of halogens is 1. The Kier molecular flexibility index (Phi) is 3.91. The first-order valence-electron chi connectivity index (χ1n) is 6.90. The number of aryl methyl sites for hydroxylation is 1. The first-order valence-corrected chi connectivity index (χ1v) is 7.70. The number of hydrogen-bond acceptors (Lipinski definition) is 3. The molecule has 106 valence electrons. The lowest BCUT2D eigenvalue weighted by Gasteiger charge is -2.09. The Hall–Kier alpha value is -1.56. The molecule has 0 aliphatic carbocycles. The predicted molar refractivity (Wildman–Crippen MR) is 82.1 cm³/mol. The van der Waals surface area contributed by atoms with E-state index >= 15 is 0 Å². The molecule has 0 bridgehead atoms. The van der Waals surface area contributed by atoms with Crippen LogP contribution in [0.4, 0.5) is 5.69 Å². The molecule has 0 amide bonds. The Labute approximate surface area is 125 Å². The molecule has 0 radical (unpaired) electrons. The van der Waals surface area contributed by atoms with Crippen LogP contribution in [0.5, 0.6) is 0 Å². The van der Waals surface area contributed by atoms with Crippen molar-refractivity contribution in [2.24, 2.45) is 0 Å². The lowest BCUT2D eigenvalue weighted by molar-refractivity contribution is 0.511. The lowest BCUT2D eigenvalue weighted by atomic mass is 10.2. The van der Waals surface area contributed by atoms with Crippen LogP contribution in [0.25, 0.3) is 0 Å². The number of rotatable bonds is 4. The Balaban J connectivity index is 1.66. The molecule has 6 heteroatoms. The molecule has 0 saturated heterocycles. The fourth-order valence-corrected chi connectivity index (χ4v) is 2.92. The summed E-state index contributed by atoms with van der Waals surface area (Å²) >= 11 is 3.49. The van der Waals surface area contributed by atoms with Crippen LogP contribution in [0.1, 0.15) is 18.7 Å². The van der Waals surface area contributed by atoms with Gasteiger partial charge in [0, 0.05) is 29.7 Å². The van der Waals surface area contributed by atoms with Gasteiger partial charge in [0.25, 0.3) is 0 Å². The summed E-state index contributed by atoms with van der Waals surface area (Å²) in [4.78, 5) is 12.1. The third-order valence-corrected chi connectivity index (χ3v) is 4.24. The highest BCUT2D eigenvalue weighted by atomic mass is 79.9. The largest absolute Gasteiger partial charge is 0.382 e. The van der Waals surface area contributed by atoms with Crippen LogP contribution in [0.15, 0.2) is 33.5 Å². The number of hydrogen-bond donors (Lipinski definition) is 1. The molecule has 1 aromatic carbocycles. The monoisotopic (exact) mass is 336 g/mol. The predicted octanol–water partition coefficient (Wildman–Crippen LogP) is 2.26. The number of nitrogens with one attached hydrogen (secondary N) is 1. The van der Waals surface area contributed by atoms with E-state index in [1.54, 1.807) is 4.68 Å². The maximum absolute atomic E-state index is 12.1. The average Bonchev–Trinajstić information content (AvgIpc) is 2.78. The molecule has 1 aliphatic heterocycles. The van der Waals surface area contributed by atoms with Gasteiger partial charge in [-0.3, -0.25) is 4.57 Å². The maximum atomic E-state index is 12.1. The Morgan fingerprint density at radius 2 is 2.15 bits per heavy atom. The van der Waals surface area contributed by atoms with Crippen molar-refractivity contribution in [1.29, 1.82) is 0 Å². The van der Waals surface area contributed by atoms with Crippen LogP contribution in [-0.4, -0.2) is 20.9 Å². The van der Waals surface area contributed by atoms with E-state index in [4.69, 9.17) is 0 Å². The minimum atomic E-state index is 0.0219. The van der Waals surface area contributed by atoms with E-state index in [1.807, 2.05) is 28.8 Å². The van der Waals surface area contributed by atoms with Crippen molar-refractivity contribution in [2.75, 3.05) is 11.9 Å². The van der Waals surface area contributed by atoms with E-state index in [2.05, 4.69) is 26.3 Å². The van der Waals surface area contributed by atoms with E-state index in [0.29, 0.717) is 13.1 Å². The first-order chi connectivity index (χ1) is 9.75. The van der Waals surface area contributed by atoms with Gasteiger partial charge in [-0.15, -0.1) is 0 Å². The molecule has 3 rings (SSSR count). The van der Waals surface area contributed by atoms with Crippen molar-refractivity contribution in [2.45, 2.75) is 32.4 Å². The lowest BCUT2D eigenvalue weighted by Crippen LogP contribution is -2.28. The van der Waals surface area contributed by atoms with Crippen LogP contribution in [0.2, 0.25) is 0 Å². The van der Waals surface area contributed by atoms with Crippen LogP contribution in [-0.2, 0) is 19.5 Å². The summed E-state index contributed by atoms with van der Waals surface area (Å²) in [5.41, 5.74) is 1.05. The van der Waals surface area contributed by atoms with Crippen molar-refractivity contribution in [3.05, 3.63) is 45.0 Å². The maximum Gasteiger partial charge on any atom is 0.345 e. The normalized spacial score (nSPS) is 14.1. The second-order valence-corrected chi connectivity index (χ2v) is 5.79. The van der Waals surface area contributed by atoms with Crippen molar-refractivity contribution in [3.63, 3.8) is 0 Å². The van der Waals surface area contributed by atoms with Gasteiger partial charge in [-0.1, -0.05) is 12.1 Å². The highest BCUT2D eigenvalue weighted by Gasteiger charge is 2.16. The Morgan fingerprint density at radius 3 is 2.95 bits per heavy atom. The first kappa shape index (κ1) is 13.4. The minimum Gasteiger partial charge on any atom is -0.382 e. The van der Waals surface area contributed by atoms with Crippen LogP contribution in [0, 0.1) is 0 Å². The fraction of sp³-hybridized carbons (Fsp3) is 0.429. The van der Waals surface area contributed by atoms with Crippen molar-refractivity contribution in [3.8, 4) is 0 Å². The van der Waals surface area contributed by atoms with Gasteiger partial charge in [0.2, 0.25) is 0 Å². The topological polar surface area (TPSA) is 51.9 Å². The number of anilines is 1. The van der Waals surface area contributed by atoms with E-state index in [-0.39, 0.29) is 5.69 Å². The minimum absolute atomic E-state index is 0.0219. The standard InChI is InChI=1S/C14H17BrN4O/c15-11-5-1-2-6-12(11)16-8-10-19-14(20)18-9-4-3-7-13(18)17-19/h1-2,5-6,16H,3-4,7-10H2. The average molecular weight is 337 g/mol. The number of fused-ring (bicyclic) bond motifs is 1. The second kappa shape index (κ2) is 5.83. The van der Waals surface area contributed by atoms with E-state index in [0.717, 1.165) is 41.8 Å². The van der Waals surface area contributed by atoms with Crippen molar-refractivity contribution in [1.82, 2.24) is 14.3 Å². The van der Waals surface area contributed by atoms with Crippen LogP contribution >= 0.6 is 15.9 Å². The summed E-state index contributed by atoms with van der Waals surface area (Å²) in [6, 6.07) is 7.95. The quantitative estimate of drug-likeness (QED) is 0.931. The molecular weight excluding hydrogens is 320 g/mol. The van der Waals surface area contributed by atoms with E-state index in [1.165, 1.54) is 0 Å². The Morgan fingerprint density at radius 1 is 1.30 bits per heavy atom. The van der Waals surface area contributed by atoms with Gasteiger partial charge in [-0.25, -0.2) is 9.48 Å². The molecule has 0 spiro atoms. The summed E-state index contributed by atoms with van der Waals surface area (Å²) < 4.78 is 4.41. The molecule has 5 nitrogen and oxygen atoms in total. The van der Waals surface area contributed by atoms with Gasteiger partial charge < -0.3 is 5.32 Å². The number of para-hydroxylation sites is 1. The van der Waals surface area contributed by atoms with Gasteiger partial charge in [-0.05, 0) is 40.9 Å². The number of benzene rings is 1. The van der Waals surface area contributed by atoms with Gasteiger partial charge in [0.1, 0.15) is 5.82 Å². The molecule has 2 heterocycles. The van der Waals surface area contributed by atoms with Crippen LogP contribution < -0.4 is 11.0 Å². The Bertz CT molecular complexity index is 661. The smallest absolute Gasteiger partial charge is 0.345 e. The SMILES string of the molecule is O=c1n(CCNc2ccccc2Br)nc2n1CCCC2. The van der Waals surface area contributed by atoms with E-state index in [9.17, 15) is 4.79 Å². The molecule has 2 aromatic rings. The molecular formula is C14H17BrN4O. The molecule has 0 atom stereocenters. The van der Waals surface area contributed by atoms with Crippen molar-refractivity contribution >= 4 is 21.6 Å². The summed E-state index contributed by atoms with van der Waals surface area (Å²) in [7, 11) is 0. The van der Waals surface area contributed by atoms with Gasteiger partial charge in [0.15, 0.2) is 0 Å². The molecule has 1 aliphatic rings. The highest BCUT2D eigenvalue weighted by Crippen LogP contribution is 2.20. The van der Waals surface area contributed by atoms with Crippen molar-refractivity contribution < 1.29 is 0 Å². The summed E-state index contributed by atoms with van der Waals surface area (Å²) in [6.45, 7) is 2.07. The summed E-state index contributed by atoms with van der Waals surface area (Å²) in [6.07, 6.45) is 3.12. The zero-order valence-electron chi connectivity index (χ0n) is 11.2. The van der Waals surface area contributed by atoms with Gasteiger partial charge in [-0.2, -0.15) is 5.10 Å². The third-order valence-electron chi connectivity index (χ3n) is 3.54. The molecule has 1 N–H and O–H groups in total. The summed E-state index contributed by atoms with van der Waals surface area (Å²) in [5.74, 6) is 0.933. The fourth-order valence-electron chi connectivity index (χ4n) is 2.50.